The van der Waals surface area contributed by atoms with Crippen molar-refractivity contribution in [1.29, 1.82) is 0 Å². The number of phenols is 1. The van der Waals surface area contributed by atoms with Gasteiger partial charge in [-0.3, -0.25) is 9.89 Å². The van der Waals surface area contributed by atoms with E-state index in [-0.39, 0.29) is 17.7 Å². The average Bonchev–Trinajstić information content (AvgIpc) is 3.11. The number of aromatic nitrogens is 2. The molecular formula is C18H13Cl2N3O2. The van der Waals surface area contributed by atoms with Crippen molar-refractivity contribution in [2.24, 2.45) is 0 Å². The maximum Gasteiger partial charge on any atom is 0.272 e. The molecule has 2 heterocycles. The molecule has 1 aliphatic rings. The molecule has 0 spiro atoms. The highest BCUT2D eigenvalue weighted by atomic mass is 35.5. The van der Waals surface area contributed by atoms with Crippen molar-refractivity contribution in [1.82, 2.24) is 15.1 Å². The highest BCUT2D eigenvalue weighted by molar-refractivity contribution is 6.42. The zero-order valence-corrected chi connectivity index (χ0v) is 14.6. The van der Waals surface area contributed by atoms with Crippen LogP contribution in [0, 0.1) is 0 Å². The first-order valence-corrected chi connectivity index (χ1v) is 8.33. The Labute approximate surface area is 153 Å². The first-order chi connectivity index (χ1) is 12.0. The van der Waals surface area contributed by atoms with Gasteiger partial charge in [0.15, 0.2) is 0 Å². The fraction of sp³-hybridized carbons (Fsp3) is 0.111. The van der Waals surface area contributed by atoms with Crippen LogP contribution in [-0.2, 0) is 0 Å². The first-order valence-electron chi connectivity index (χ1n) is 7.57. The molecule has 0 saturated carbocycles. The van der Waals surface area contributed by atoms with Gasteiger partial charge in [-0.15, -0.1) is 0 Å². The van der Waals surface area contributed by atoms with Crippen LogP contribution in [0.3, 0.4) is 0 Å². The summed E-state index contributed by atoms with van der Waals surface area (Å²) in [6.07, 6.45) is 0. The number of rotatable bonds is 2. The Morgan fingerprint density at radius 3 is 2.64 bits per heavy atom. The van der Waals surface area contributed by atoms with Crippen LogP contribution in [-0.4, -0.2) is 33.2 Å². The average molecular weight is 374 g/mol. The van der Waals surface area contributed by atoms with Gasteiger partial charge in [0.2, 0.25) is 0 Å². The van der Waals surface area contributed by atoms with E-state index < -0.39 is 0 Å². The van der Waals surface area contributed by atoms with Crippen molar-refractivity contribution in [2.75, 3.05) is 7.05 Å². The van der Waals surface area contributed by atoms with E-state index >= 15 is 0 Å². The molecule has 0 saturated heterocycles. The van der Waals surface area contributed by atoms with Gasteiger partial charge in [-0.1, -0.05) is 41.4 Å². The Morgan fingerprint density at radius 1 is 1.16 bits per heavy atom. The minimum absolute atomic E-state index is 0.103. The van der Waals surface area contributed by atoms with Crippen LogP contribution in [0.2, 0.25) is 10.0 Å². The predicted molar refractivity (Wildman–Crippen MR) is 96.1 cm³/mol. The monoisotopic (exact) mass is 373 g/mol. The second-order valence-electron chi connectivity index (χ2n) is 5.87. The van der Waals surface area contributed by atoms with Crippen LogP contribution in [0.15, 0.2) is 42.5 Å². The molecule has 1 atom stereocenters. The third-order valence-electron chi connectivity index (χ3n) is 4.42. The SMILES string of the molecule is CN1C(=O)c2[nH]nc(-c3ccccc3O)c2[C@H]1c1ccc(Cl)c(Cl)c1. The summed E-state index contributed by atoms with van der Waals surface area (Å²) < 4.78 is 0. The van der Waals surface area contributed by atoms with Gasteiger partial charge in [-0.25, -0.2) is 0 Å². The summed E-state index contributed by atoms with van der Waals surface area (Å²) in [5.41, 5.74) is 3.06. The maximum absolute atomic E-state index is 12.6. The second kappa shape index (κ2) is 5.79. The number of phenolic OH excluding ortho intramolecular Hbond substituents is 1. The highest BCUT2D eigenvalue weighted by Crippen LogP contribution is 2.44. The summed E-state index contributed by atoms with van der Waals surface area (Å²) in [5, 5.41) is 18.1. The molecule has 0 aliphatic carbocycles. The standard InChI is InChI=1S/C18H13Cl2N3O2/c1-23-17(9-6-7-11(19)12(20)8-9)14-15(21-22-16(14)18(23)25)10-4-2-3-5-13(10)24/h2-8,17,24H,1H3,(H,21,22)/t17-/m1/s1. The van der Waals surface area contributed by atoms with Gasteiger partial charge in [0.25, 0.3) is 5.91 Å². The summed E-state index contributed by atoms with van der Waals surface area (Å²) in [6.45, 7) is 0. The number of aromatic hydroxyl groups is 1. The van der Waals surface area contributed by atoms with Crippen molar-refractivity contribution >= 4 is 29.1 Å². The van der Waals surface area contributed by atoms with Crippen LogP contribution in [0.1, 0.15) is 27.7 Å². The largest absolute Gasteiger partial charge is 0.507 e. The predicted octanol–water partition coefficient (Wildman–Crippen LogP) is 4.26. The molecule has 0 fully saturated rings. The number of aromatic amines is 1. The Morgan fingerprint density at radius 2 is 1.92 bits per heavy atom. The highest BCUT2D eigenvalue weighted by Gasteiger charge is 2.40. The number of carbonyl (C=O) groups is 1. The third-order valence-corrected chi connectivity index (χ3v) is 5.16. The summed E-state index contributed by atoms with van der Waals surface area (Å²) in [7, 11) is 1.72. The molecule has 3 aromatic rings. The van der Waals surface area contributed by atoms with Gasteiger partial charge in [-0.05, 0) is 29.8 Å². The number of benzene rings is 2. The number of hydrogen-bond acceptors (Lipinski definition) is 3. The number of amides is 1. The van der Waals surface area contributed by atoms with Crippen LogP contribution in [0.5, 0.6) is 5.75 Å². The third kappa shape index (κ3) is 2.39. The van der Waals surface area contributed by atoms with Crippen LogP contribution in [0.4, 0.5) is 0 Å². The molecule has 1 aliphatic heterocycles. The molecular weight excluding hydrogens is 361 g/mol. The van der Waals surface area contributed by atoms with Gasteiger partial charge < -0.3 is 10.0 Å². The summed E-state index contributed by atoms with van der Waals surface area (Å²) >= 11 is 12.2. The zero-order chi connectivity index (χ0) is 17.7. The molecule has 1 aromatic heterocycles. The lowest BCUT2D eigenvalue weighted by Crippen LogP contribution is -2.24. The van der Waals surface area contributed by atoms with Gasteiger partial charge in [0.1, 0.15) is 17.1 Å². The van der Waals surface area contributed by atoms with E-state index in [1.54, 1.807) is 42.3 Å². The molecule has 126 valence electrons. The van der Waals surface area contributed by atoms with Crippen LogP contribution < -0.4 is 0 Å². The minimum atomic E-state index is -0.370. The van der Waals surface area contributed by atoms with E-state index in [1.165, 1.54) is 0 Å². The number of hydrogen-bond donors (Lipinski definition) is 2. The number of para-hydroxylation sites is 1. The van der Waals surface area contributed by atoms with Crippen molar-refractivity contribution in [3.63, 3.8) is 0 Å². The fourth-order valence-electron chi connectivity index (χ4n) is 3.22. The summed E-state index contributed by atoms with van der Waals surface area (Å²) in [5.74, 6) is -0.0630. The molecule has 5 nitrogen and oxygen atoms in total. The number of halogens is 2. The lowest BCUT2D eigenvalue weighted by molar-refractivity contribution is 0.0788. The minimum Gasteiger partial charge on any atom is -0.507 e. The van der Waals surface area contributed by atoms with Crippen molar-refractivity contribution in [3.8, 4) is 17.0 Å². The van der Waals surface area contributed by atoms with Crippen molar-refractivity contribution < 1.29 is 9.90 Å². The van der Waals surface area contributed by atoms with E-state index in [0.29, 0.717) is 32.6 Å². The second-order valence-corrected chi connectivity index (χ2v) is 6.68. The Hall–Kier alpha value is -2.50. The number of nitrogens with one attached hydrogen (secondary N) is 1. The Bertz CT molecular complexity index is 1000. The Balaban J connectivity index is 1.93. The summed E-state index contributed by atoms with van der Waals surface area (Å²) in [4.78, 5) is 14.2. The van der Waals surface area contributed by atoms with E-state index in [9.17, 15) is 9.90 Å². The molecule has 7 heteroatoms. The molecule has 2 N–H and O–H groups in total. The van der Waals surface area contributed by atoms with Crippen LogP contribution in [0.25, 0.3) is 11.3 Å². The molecule has 0 unspecified atom stereocenters. The number of nitrogens with zero attached hydrogens (tertiary/aromatic N) is 2. The smallest absolute Gasteiger partial charge is 0.272 e. The van der Waals surface area contributed by atoms with Crippen molar-refractivity contribution in [3.05, 3.63) is 69.3 Å². The topological polar surface area (TPSA) is 69.2 Å². The normalized spacial score (nSPS) is 16.4. The molecule has 1 amide bonds. The number of H-pyrrole nitrogens is 1. The number of carbonyl (C=O) groups excluding carboxylic acids is 1. The van der Waals surface area contributed by atoms with E-state index in [4.69, 9.17) is 23.2 Å². The molecule has 0 radical (unpaired) electrons. The van der Waals surface area contributed by atoms with Gasteiger partial charge >= 0.3 is 0 Å². The van der Waals surface area contributed by atoms with Crippen LogP contribution >= 0.6 is 23.2 Å². The first kappa shape index (κ1) is 16.0. The number of fused-ring (bicyclic) bond motifs is 1. The molecule has 25 heavy (non-hydrogen) atoms. The van der Waals surface area contributed by atoms with Crippen molar-refractivity contribution in [2.45, 2.75) is 6.04 Å². The summed E-state index contributed by atoms with van der Waals surface area (Å²) in [6, 6.07) is 11.8. The lowest BCUT2D eigenvalue weighted by Gasteiger charge is -2.22. The van der Waals surface area contributed by atoms with E-state index in [2.05, 4.69) is 10.2 Å². The van der Waals surface area contributed by atoms with Gasteiger partial charge in [0.05, 0.1) is 16.1 Å². The molecule has 2 aromatic carbocycles. The van der Waals surface area contributed by atoms with E-state index in [1.807, 2.05) is 12.1 Å². The zero-order valence-electron chi connectivity index (χ0n) is 13.1. The fourth-order valence-corrected chi connectivity index (χ4v) is 3.53. The maximum atomic E-state index is 12.6. The Kier molecular flexibility index (Phi) is 3.71. The van der Waals surface area contributed by atoms with Gasteiger partial charge in [0, 0.05) is 18.2 Å². The lowest BCUT2D eigenvalue weighted by atomic mass is 9.96. The quantitative estimate of drug-likeness (QED) is 0.704. The van der Waals surface area contributed by atoms with E-state index in [0.717, 1.165) is 5.56 Å². The molecule has 0 bridgehead atoms. The molecule has 4 rings (SSSR count). The van der Waals surface area contributed by atoms with Gasteiger partial charge in [-0.2, -0.15) is 5.10 Å².